The largest absolute Gasteiger partial charge is 0.473 e. The van der Waals surface area contributed by atoms with Crippen LogP contribution in [-0.2, 0) is 0 Å². The summed E-state index contributed by atoms with van der Waals surface area (Å²) in [5.41, 5.74) is 2.56. The number of nitriles is 1. The van der Waals surface area contributed by atoms with Gasteiger partial charge in [0.25, 0.3) is 0 Å². The second-order valence-corrected chi connectivity index (χ2v) is 5.13. The summed E-state index contributed by atoms with van der Waals surface area (Å²) in [6.07, 6.45) is 1.78. The van der Waals surface area contributed by atoms with Crippen molar-refractivity contribution >= 4 is 5.69 Å². The monoisotopic (exact) mass is 281 g/mol. The van der Waals surface area contributed by atoms with E-state index in [0.717, 1.165) is 11.3 Å². The van der Waals surface area contributed by atoms with E-state index in [1.54, 1.807) is 12.3 Å². The summed E-state index contributed by atoms with van der Waals surface area (Å²) in [5, 5.41) is 12.4. The van der Waals surface area contributed by atoms with Gasteiger partial charge in [-0.1, -0.05) is 12.1 Å². The topological polar surface area (TPSA) is 57.9 Å². The van der Waals surface area contributed by atoms with Crippen LogP contribution in [0.3, 0.4) is 0 Å². The smallest absolute Gasteiger partial charge is 0.237 e. The number of hydrogen-bond acceptors (Lipinski definition) is 4. The van der Waals surface area contributed by atoms with Gasteiger partial charge in [-0.2, -0.15) is 5.26 Å². The molecule has 0 spiro atoms. The fourth-order valence-electron chi connectivity index (χ4n) is 2.01. The van der Waals surface area contributed by atoms with Crippen molar-refractivity contribution < 1.29 is 4.74 Å². The van der Waals surface area contributed by atoms with Crippen molar-refractivity contribution in [3.63, 3.8) is 0 Å². The highest BCUT2D eigenvalue weighted by molar-refractivity contribution is 5.53. The van der Waals surface area contributed by atoms with Crippen molar-refractivity contribution in [2.24, 2.45) is 0 Å². The third kappa shape index (κ3) is 3.96. The van der Waals surface area contributed by atoms with Crippen LogP contribution in [0.5, 0.6) is 5.88 Å². The van der Waals surface area contributed by atoms with Crippen LogP contribution >= 0.6 is 0 Å². The maximum absolute atomic E-state index is 8.98. The summed E-state index contributed by atoms with van der Waals surface area (Å²) < 4.78 is 5.70. The van der Waals surface area contributed by atoms with Crippen LogP contribution in [0.1, 0.15) is 37.9 Å². The third-order valence-electron chi connectivity index (χ3n) is 3.01. The summed E-state index contributed by atoms with van der Waals surface area (Å²) >= 11 is 0. The molecule has 108 valence electrons. The van der Waals surface area contributed by atoms with Crippen molar-refractivity contribution in [3.8, 4) is 11.9 Å². The van der Waals surface area contributed by atoms with Gasteiger partial charge in [-0.25, -0.2) is 4.98 Å². The Morgan fingerprint density at radius 1 is 1.19 bits per heavy atom. The standard InChI is InChI=1S/C17H19N3O/c1-12(2)21-17-16(8-5-9-19-17)20-13(3)15-7-4-6-14(10-15)11-18/h4-10,12-13,20H,1-3H3. The molecule has 0 aliphatic carbocycles. The molecule has 0 fully saturated rings. The Morgan fingerprint density at radius 2 is 2.00 bits per heavy atom. The van der Waals surface area contributed by atoms with Crippen molar-refractivity contribution in [2.75, 3.05) is 5.32 Å². The van der Waals surface area contributed by atoms with E-state index in [-0.39, 0.29) is 12.1 Å². The molecule has 1 aromatic heterocycles. The van der Waals surface area contributed by atoms with Crippen molar-refractivity contribution in [1.82, 2.24) is 4.98 Å². The molecule has 1 N–H and O–H groups in total. The van der Waals surface area contributed by atoms with E-state index in [2.05, 4.69) is 16.4 Å². The van der Waals surface area contributed by atoms with Crippen LogP contribution in [0.4, 0.5) is 5.69 Å². The van der Waals surface area contributed by atoms with Crippen LogP contribution in [0.2, 0.25) is 0 Å². The zero-order valence-corrected chi connectivity index (χ0v) is 12.5. The fraction of sp³-hybridized carbons (Fsp3) is 0.294. The summed E-state index contributed by atoms with van der Waals surface area (Å²) in [6, 6.07) is 13.6. The van der Waals surface area contributed by atoms with Gasteiger partial charge in [0, 0.05) is 12.2 Å². The number of nitrogens with zero attached hydrogens (tertiary/aromatic N) is 2. The Hall–Kier alpha value is -2.54. The van der Waals surface area contributed by atoms with Gasteiger partial charge in [-0.3, -0.25) is 0 Å². The molecule has 0 bridgehead atoms. The minimum atomic E-state index is 0.0528. The second-order valence-electron chi connectivity index (χ2n) is 5.13. The summed E-state index contributed by atoms with van der Waals surface area (Å²) in [5.74, 6) is 0.593. The Morgan fingerprint density at radius 3 is 2.71 bits per heavy atom. The molecular formula is C17H19N3O. The van der Waals surface area contributed by atoms with Gasteiger partial charge in [0.2, 0.25) is 5.88 Å². The lowest BCUT2D eigenvalue weighted by atomic mass is 10.1. The molecule has 2 rings (SSSR count). The predicted molar refractivity (Wildman–Crippen MR) is 83.2 cm³/mol. The molecule has 1 atom stereocenters. The SMILES string of the molecule is CC(C)Oc1ncccc1NC(C)c1cccc(C#N)c1. The number of pyridine rings is 1. The van der Waals surface area contributed by atoms with Crippen LogP contribution < -0.4 is 10.1 Å². The number of rotatable bonds is 5. The van der Waals surface area contributed by atoms with E-state index >= 15 is 0 Å². The third-order valence-corrected chi connectivity index (χ3v) is 3.01. The van der Waals surface area contributed by atoms with Gasteiger partial charge in [-0.15, -0.1) is 0 Å². The molecule has 1 heterocycles. The average Bonchev–Trinajstić information content (AvgIpc) is 2.48. The molecule has 0 saturated heterocycles. The minimum absolute atomic E-state index is 0.0528. The molecule has 0 aliphatic heterocycles. The number of anilines is 1. The fourth-order valence-corrected chi connectivity index (χ4v) is 2.01. The zero-order valence-electron chi connectivity index (χ0n) is 12.5. The first-order valence-corrected chi connectivity index (χ1v) is 6.98. The Balaban J connectivity index is 2.19. The number of ether oxygens (including phenoxy) is 1. The first-order chi connectivity index (χ1) is 10.1. The highest BCUT2D eigenvalue weighted by Crippen LogP contribution is 2.26. The lowest BCUT2D eigenvalue weighted by molar-refractivity contribution is 0.234. The lowest BCUT2D eigenvalue weighted by Crippen LogP contribution is -2.12. The number of hydrogen-bond donors (Lipinski definition) is 1. The van der Waals surface area contributed by atoms with E-state index in [9.17, 15) is 0 Å². The normalized spacial score (nSPS) is 11.8. The van der Waals surface area contributed by atoms with Gasteiger partial charge in [0.1, 0.15) is 0 Å². The van der Waals surface area contributed by atoms with Crippen molar-refractivity contribution in [1.29, 1.82) is 5.26 Å². The van der Waals surface area contributed by atoms with Gasteiger partial charge in [-0.05, 0) is 50.6 Å². The van der Waals surface area contributed by atoms with Crippen molar-refractivity contribution in [3.05, 3.63) is 53.7 Å². The number of benzene rings is 1. The van der Waals surface area contributed by atoms with E-state index in [1.165, 1.54) is 0 Å². The molecule has 0 radical (unpaired) electrons. The first kappa shape index (κ1) is 14.9. The quantitative estimate of drug-likeness (QED) is 0.902. The van der Waals surface area contributed by atoms with Gasteiger partial charge < -0.3 is 10.1 Å². The summed E-state index contributed by atoms with van der Waals surface area (Å²) in [6.45, 7) is 5.99. The van der Waals surface area contributed by atoms with Gasteiger partial charge in [0.15, 0.2) is 0 Å². The molecule has 1 aromatic carbocycles. The highest BCUT2D eigenvalue weighted by atomic mass is 16.5. The lowest BCUT2D eigenvalue weighted by Gasteiger charge is -2.19. The van der Waals surface area contributed by atoms with Crippen LogP contribution in [0.15, 0.2) is 42.6 Å². The molecule has 0 amide bonds. The average molecular weight is 281 g/mol. The molecule has 2 aromatic rings. The second kappa shape index (κ2) is 6.76. The summed E-state index contributed by atoms with van der Waals surface area (Å²) in [7, 11) is 0. The highest BCUT2D eigenvalue weighted by Gasteiger charge is 2.11. The van der Waals surface area contributed by atoms with E-state index in [0.29, 0.717) is 11.4 Å². The maximum Gasteiger partial charge on any atom is 0.237 e. The van der Waals surface area contributed by atoms with Crippen LogP contribution in [0.25, 0.3) is 0 Å². The first-order valence-electron chi connectivity index (χ1n) is 6.98. The number of aromatic nitrogens is 1. The zero-order chi connectivity index (χ0) is 15.2. The van der Waals surface area contributed by atoms with E-state index in [1.807, 2.05) is 51.1 Å². The Bertz CT molecular complexity index is 646. The minimum Gasteiger partial charge on any atom is -0.473 e. The Kier molecular flexibility index (Phi) is 4.78. The van der Waals surface area contributed by atoms with E-state index in [4.69, 9.17) is 10.00 Å². The predicted octanol–water partition coefficient (Wildman–Crippen LogP) is 3.91. The van der Waals surface area contributed by atoms with Crippen LogP contribution in [-0.4, -0.2) is 11.1 Å². The molecule has 4 heteroatoms. The molecule has 0 saturated carbocycles. The Labute approximate surface area is 125 Å². The summed E-state index contributed by atoms with van der Waals surface area (Å²) in [4.78, 5) is 4.26. The van der Waals surface area contributed by atoms with Crippen molar-refractivity contribution in [2.45, 2.75) is 32.9 Å². The molecule has 4 nitrogen and oxygen atoms in total. The van der Waals surface area contributed by atoms with Crippen LogP contribution in [0, 0.1) is 11.3 Å². The van der Waals surface area contributed by atoms with Gasteiger partial charge >= 0.3 is 0 Å². The molecule has 21 heavy (non-hydrogen) atoms. The van der Waals surface area contributed by atoms with E-state index < -0.39 is 0 Å². The molecule has 1 unspecified atom stereocenters. The maximum atomic E-state index is 8.98. The number of nitrogens with one attached hydrogen (secondary N) is 1. The van der Waals surface area contributed by atoms with Gasteiger partial charge in [0.05, 0.1) is 23.4 Å². The molecule has 0 aliphatic rings. The molecular weight excluding hydrogens is 262 g/mol.